The molecule has 0 N–H and O–H groups in total. The number of fused-ring (bicyclic) bond motifs is 6. The molecular formula is C72H68N2. The highest BCUT2D eigenvalue weighted by Crippen LogP contribution is 2.65. The van der Waals surface area contributed by atoms with Crippen LogP contribution in [0.3, 0.4) is 0 Å². The van der Waals surface area contributed by atoms with E-state index < -0.39 is 0 Å². The minimum atomic E-state index is -0.0340. The van der Waals surface area contributed by atoms with Crippen LogP contribution in [0.4, 0.5) is 22.7 Å². The molecule has 0 aromatic heterocycles. The summed E-state index contributed by atoms with van der Waals surface area (Å²) in [6.45, 7) is 20.0. The zero-order valence-corrected chi connectivity index (χ0v) is 44.7. The lowest BCUT2D eigenvalue weighted by Crippen LogP contribution is -2.54. The third-order valence-corrected chi connectivity index (χ3v) is 20.6. The highest BCUT2D eigenvalue weighted by Gasteiger charge is 2.60. The van der Waals surface area contributed by atoms with Crippen molar-refractivity contribution in [2.75, 3.05) is 9.80 Å². The van der Waals surface area contributed by atoms with Crippen LogP contribution < -0.4 is 9.80 Å². The second-order valence-electron chi connectivity index (χ2n) is 23.9. The lowest BCUT2D eigenvalue weighted by Gasteiger charge is -2.50. The topological polar surface area (TPSA) is 6.48 Å². The maximum atomic E-state index is 2.76. The van der Waals surface area contributed by atoms with E-state index in [2.05, 4.69) is 235 Å². The molecule has 2 saturated carbocycles. The second-order valence-corrected chi connectivity index (χ2v) is 23.9. The Labute approximate surface area is 439 Å². The van der Waals surface area contributed by atoms with Gasteiger partial charge in [-0.2, -0.15) is 0 Å². The molecule has 0 amide bonds. The lowest BCUT2D eigenvalue weighted by atomic mass is 9.61. The molecule has 0 spiro atoms. The molecule has 2 heteroatoms. The molecule has 4 atom stereocenters. The molecular weight excluding hydrogens is 893 g/mol. The van der Waals surface area contributed by atoms with E-state index in [1.807, 2.05) is 0 Å². The molecule has 14 rings (SSSR count). The van der Waals surface area contributed by atoms with Crippen LogP contribution in [0.25, 0.3) is 76.8 Å². The summed E-state index contributed by atoms with van der Waals surface area (Å²) in [6.07, 6.45) is 9.75. The summed E-state index contributed by atoms with van der Waals surface area (Å²) in [4.78, 5) is 5.52. The SMILES string of the molecule is Cc1c(-c2cc(-c3ccccc3)c3ccc4c(-c5cc6c(c(C)c5C)N(c5ccccc5)C5(C)CCCCC65C)cc(-c5ccccc5)c5ccc2c3c54)cc2c(c1C)N(c1ccccc1)C1(C)CCCCC21C. The van der Waals surface area contributed by atoms with Gasteiger partial charge in [-0.15, -0.1) is 0 Å². The first-order valence-electron chi connectivity index (χ1n) is 27.8. The molecule has 0 bridgehead atoms. The maximum Gasteiger partial charge on any atom is 0.0518 e. The van der Waals surface area contributed by atoms with Crippen molar-refractivity contribution in [3.8, 4) is 44.5 Å². The van der Waals surface area contributed by atoms with Crippen molar-refractivity contribution < 1.29 is 0 Å². The highest BCUT2D eigenvalue weighted by atomic mass is 15.3. The van der Waals surface area contributed by atoms with Gasteiger partial charge in [0, 0.05) is 33.6 Å². The third kappa shape index (κ3) is 5.94. The van der Waals surface area contributed by atoms with Crippen LogP contribution in [-0.2, 0) is 10.8 Å². The fraction of sp³-hybridized carbons (Fsp3) is 0.278. The number of rotatable bonds is 6. The summed E-state index contributed by atoms with van der Waals surface area (Å²) in [5.41, 5.74) is 24.4. The van der Waals surface area contributed by atoms with Crippen molar-refractivity contribution in [2.24, 2.45) is 0 Å². The van der Waals surface area contributed by atoms with Crippen LogP contribution in [0.15, 0.2) is 170 Å². The van der Waals surface area contributed by atoms with Crippen molar-refractivity contribution in [1.82, 2.24) is 0 Å². The molecule has 2 aliphatic carbocycles. The molecule has 366 valence electrons. The van der Waals surface area contributed by atoms with Gasteiger partial charge in [0.15, 0.2) is 0 Å². The van der Waals surface area contributed by atoms with Gasteiger partial charge < -0.3 is 9.80 Å². The number of para-hydroxylation sites is 2. The molecule has 10 aromatic carbocycles. The predicted molar refractivity (Wildman–Crippen MR) is 316 cm³/mol. The smallest absolute Gasteiger partial charge is 0.0518 e. The monoisotopic (exact) mass is 961 g/mol. The highest BCUT2D eigenvalue weighted by molar-refractivity contribution is 6.32. The molecule has 0 saturated heterocycles. The standard InChI is InChI=1S/C72H68N2/c1-45-47(3)67-63(69(5)37-21-23-39-71(69,7)73(67)51-29-17-11-18-30-51)43-57(45)61-41-59(49-25-13-9-14-26-49)53-34-36-56-62(42-60(50-27-15-10-16-28-50)54-33-35-55(61)65(53)66(54)56)58-44-64-68(48(4)46(58)2)74(52-31-19-12-20-32-52)72(8)40-24-22-38-70(64,72)6/h9-20,25-36,41-44H,21-24,37-40H2,1-8H3. The third-order valence-electron chi connectivity index (χ3n) is 20.6. The predicted octanol–water partition coefficient (Wildman–Crippen LogP) is 20.0. The number of benzene rings is 10. The fourth-order valence-corrected chi connectivity index (χ4v) is 16.0. The Morgan fingerprint density at radius 2 is 0.649 bits per heavy atom. The first kappa shape index (κ1) is 45.5. The van der Waals surface area contributed by atoms with E-state index in [0.717, 1.165) is 0 Å². The van der Waals surface area contributed by atoms with E-state index in [-0.39, 0.29) is 21.9 Å². The Balaban J connectivity index is 1.08. The van der Waals surface area contributed by atoms with Crippen LogP contribution in [0.1, 0.15) is 112 Å². The van der Waals surface area contributed by atoms with Crippen molar-refractivity contribution >= 4 is 55.1 Å². The fourth-order valence-electron chi connectivity index (χ4n) is 16.0. The average molecular weight is 961 g/mol. The van der Waals surface area contributed by atoms with Gasteiger partial charge in [-0.1, -0.05) is 161 Å². The summed E-state index contributed by atoms with van der Waals surface area (Å²) in [7, 11) is 0. The van der Waals surface area contributed by atoms with E-state index in [0.29, 0.717) is 0 Å². The molecule has 0 radical (unpaired) electrons. The number of hydrogen-bond donors (Lipinski definition) is 0. The van der Waals surface area contributed by atoms with Crippen LogP contribution in [0, 0.1) is 27.7 Å². The largest absolute Gasteiger partial charge is 0.334 e. The van der Waals surface area contributed by atoms with Crippen LogP contribution in [0.2, 0.25) is 0 Å². The van der Waals surface area contributed by atoms with Crippen LogP contribution >= 0.6 is 0 Å². The Hall–Kier alpha value is -7.16. The van der Waals surface area contributed by atoms with Gasteiger partial charge in [-0.25, -0.2) is 0 Å². The maximum absolute atomic E-state index is 2.76. The van der Waals surface area contributed by atoms with E-state index in [1.165, 1.54) is 184 Å². The summed E-state index contributed by atoms with van der Waals surface area (Å²) in [6, 6.07) is 65.3. The second kappa shape index (κ2) is 16.2. The van der Waals surface area contributed by atoms with Gasteiger partial charge in [0.2, 0.25) is 0 Å². The average Bonchev–Trinajstić information content (AvgIpc) is 3.82. The first-order valence-corrected chi connectivity index (χ1v) is 27.8. The molecule has 2 nitrogen and oxygen atoms in total. The number of hydrogen-bond acceptors (Lipinski definition) is 2. The molecule has 74 heavy (non-hydrogen) atoms. The number of nitrogens with zero attached hydrogens (tertiary/aromatic N) is 2. The van der Waals surface area contributed by atoms with Crippen LogP contribution in [-0.4, -0.2) is 11.1 Å². The van der Waals surface area contributed by atoms with Gasteiger partial charge in [-0.3, -0.25) is 0 Å². The molecule has 4 unspecified atom stereocenters. The molecule has 4 aliphatic rings. The van der Waals surface area contributed by atoms with Gasteiger partial charge in [0.25, 0.3) is 0 Å². The Morgan fingerprint density at radius 3 is 1.01 bits per heavy atom. The molecule has 10 aromatic rings. The minimum Gasteiger partial charge on any atom is -0.334 e. The zero-order chi connectivity index (χ0) is 50.5. The quantitative estimate of drug-likeness (QED) is 0.153. The molecule has 2 aliphatic heterocycles. The van der Waals surface area contributed by atoms with E-state index in [9.17, 15) is 0 Å². The molecule has 2 heterocycles. The molecule has 2 fully saturated rings. The Bertz CT molecular complexity index is 3640. The van der Waals surface area contributed by atoms with Gasteiger partial charge in [0.1, 0.15) is 0 Å². The first-order chi connectivity index (χ1) is 35.9. The van der Waals surface area contributed by atoms with Gasteiger partial charge >= 0.3 is 0 Å². The zero-order valence-electron chi connectivity index (χ0n) is 44.7. The van der Waals surface area contributed by atoms with Crippen LogP contribution in [0.5, 0.6) is 0 Å². The van der Waals surface area contributed by atoms with E-state index in [1.54, 1.807) is 0 Å². The summed E-state index contributed by atoms with van der Waals surface area (Å²) >= 11 is 0. The Kier molecular flexibility index (Phi) is 9.93. The van der Waals surface area contributed by atoms with Crippen molar-refractivity contribution in [2.45, 2.75) is 129 Å². The number of anilines is 4. The van der Waals surface area contributed by atoms with Crippen molar-refractivity contribution in [3.05, 3.63) is 203 Å². The summed E-state index contributed by atoms with van der Waals surface area (Å²) < 4.78 is 0. The lowest BCUT2D eigenvalue weighted by molar-refractivity contribution is 0.195. The minimum absolute atomic E-state index is 0.00865. The van der Waals surface area contributed by atoms with E-state index >= 15 is 0 Å². The summed E-state index contributed by atoms with van der Waals surface area (Å²) in [5, 5.41) is 8.02. The normalized spacial score (nSPS) is 23.1. The van der Waals surface area contributed by atoms with Crippen molar-refractivity contribution in [3.63, 3.8) is 0 Å². The van der Waals surface area contributed by atoms with Crippen molar-refractivity contribution in [1.29, 1.82) is 0 Å². The van der Waals surface area contributed by atoms with E-state index in [4.69, 9.17) is 0 Å². The van der Waals surface area contributed by atoms with Gasteiger partial charge in [-0.05, 0) is 226 Å². The summed E-state index contributed by atoms with van der Waals surface area (Å²) in [5.74, 6) is 0. The van der Waals surface area contributed by atoms with Gasteiger partial charge in [0.05, 0.1) is 11.1 Å². The Morgan fingerprint density at radius 1 is 0.324 bits per heavy atom.